The van der Waals surface area contributed by atoms with Gasteiger partial charge in [0.2, 0.25) is 0 Å². The highest BCUT2D eigenvalue weighted by atomic mass is 14.4. The third kappa shape index (κ3) is 5.70. The first-order valence-corrected chi connectivity index (χ1v) is 9.66. The van der Waals surface area contributed by atoms with Gasteiger partial charge in [-0.15, -0.1) is 47.4 Å². The van der Waals surface area contributed by atoms with E-state index in [4.69, 9.17) is 0 Å². The van der Waals surface area contributed by atoms with E-state index < -0.39 is 0 Å². The molecule has 0 aromatic heterocycles. The van der Waals surface area contributed by atoms with E-state index >= 15 is 0 Å². The summed E-state index contributed by atoms with van der Waals surface area (Å²) >= 11 is 0. The van der Waals surface area contributed by atoms with Crippen molar-refractivity contribution >= 4 is 0 Å². The molecule has 2 spiro atoms. The minimum Gasteiger partial charge on any atom is -0.103 e. The average molecular weight is 316 g/mol. The molecule has 0 nitrogen and oxygen atoms in total. The molecular formula is C24H28. The summed E-state index contributed by atoms with van der Waals surface area (Å²) in [7, 11) is 0. The number of hydrogen-bond donors (Lipinski definition) is 0. The van der Waals surface area contributed by atoms with Crippen LogP contribution in [0.25, 0.3) is 0 Å². The van der Waals surface area contributed by atoms with Crippen LogP contribution in [0.4, 0.5) is 0 Å². The Morgan fingerprint density at radius 3 is 0.917 bits per heavy atom. The van der Waals surface area contributed by atoms with E-state index in [1.54, 1.807) is 0 Å². The first-order chi connectivity index (χ1) is 11.8. The van der Waals surface area contributed by atoms with Gasteiger partial charge in [-0.2, -0.15) is 0 Å². The molecule has 0 aromatic carbocycles. The van der Waals surface area contributed by atoms with Crippen LogP contribution in [0.3, 0.4) is 0 Å². The van der Waals surface area contributed by atoms with E-state index in [-0.39, 0.29) is 0 Å². The Bertz CT molecular complexity index is 555. The molecule has 0 heteroatoms. The lowest BCUT2D eigenvalue weighted by Gasteiger charge is -2.05. The van der Waals surface area contributed by atoms with Crippen LogP contribution >= 0.6 is 0 Å². The molecular weight excluding hydrogens is 288 g/mol. The van der Waals surface area contributed by atoms with Gasteiger partial charge in [0, 0.05) is 51.4 Å². The van der Waals surface area contributed by atoms with E-state index in [9.17, 15) is 0 Å². The Morgan fingerprint density at radius 2 is 0.667 bits per heavy atom. The summed E-state index contributed by atoms with van der Waals surface area (Å²) in [6.45, 7) is 0. The smallest absolute Gasteiger partial charge is 0.0154 e. The summed E-state index contributed by atoms with van der Waals surface area (Å²) in [5.74, 6) is 27.0. The van der Waals surface area contributed by atoms with Gasteiger partial charge in [-0.05, 0) is 49.4 Å². The highest BCUT2D eigenvalue weighted by Gasteiger charge is 2.41. The predicted molar refractivity (Wildman–Crippen MR) is 101 cm³/mol. The lowest BCUT2D eigenvalue weighted by atomic mass is 9.98. The molecule has 3 aliphatic rings. The van der Waals surface area contributed by atoms with E-state index in [2.05, 4.69) is 47.4 Å². The molecule has 0 radical (unpaired) electrons. The van der Waals surface area contributed by atoms with Gasteiger partial charge in [-0.1, -0.05) is 0 Å². The minimum atomic E-state index is 0.443. The predicted octanol–water partition coefficient (Wildman–Crippen LogP) is 5.48. The van der Waals surface area contributed by atoms with E-state index in [0.717, 1.165) is 64.2 Å². The summed E-state index contributed by atoms with van der Waals surface area (Å²) in [5.41, 5.74) is 0.887. The molecule has 3 rings (SSSR count). The Hall–Kier alpha value is -1.76. The quantitative estimate of drug-likeness (QED) is 0.519. The molecule has 0 unspecified atom stereocenters. The van der Waals surface area contributed by atoms with Gasteiger partial charge in [0.05, 0.1) is 0 Å². The highest BCUT2D eigenvalue weighted by molar-refractivity contribution is 5.15. The SMILES string of the molecule is C1#CCC2(CC#CCCCC#CCC3(CC#CCCC1)CC3)CC2. The summed E-state index contributed by atoms with van der Waals surface area (Å²) in [6, 6.07) is 0. The first-order valence-electron chi connectivity index (χ1n) is 9.66. The Labute approximate surface area is 148 Å². The van der Waals surface area contributed by atoms with Crippen LogP contribution in [0.1, 0.15) is 89.9 Å². The summed E-state index contributed by atoms with van der Waals surface area (Å²) in [4.78, 5) is 0. The second kappa shape index (κ2) is 8.37. The number of hydrogen-bond acceptors (Lipinski definition) is 0. The fraction of sp³-hybridized carbons (Fsp3) is 0.667. The Kier molecular flexibility index (Phi) is 5.96. The molecule has 0 atom stereocenters. The molecule has 0 amide bonds. The van der Waals surface area contributed by atoms with E-state index in [1.165, 1.54) is 25.7 Å². The van der Waals surface area contributed by atoms with Crippen molar-refractivity contribution < 1.29 is 0 Å². The van der Waals surface area contributed by atoms with Crippen LogP contribution in [0.15, 0.2) is 0 Å². The van der Waals surface area contributed by atoms with Crippen molar-refractivity contribution in [3.05, 3.63) is 0 Å². The van der Waals surface area contributed by atoms with Crippen molar-refractivity contribution in [3.63, 3.8) is 0 Å². The van der Waals surface area contributed by atoms with Crippen molar-refractivity contribution in [2.45, 2.75) is 89.9 Å². The molecule has 2 saturated carbocycles. The van der Waals surface area contributed by atoms with Crippen molar-refractivity contribution in [1.29, 1.82) is 0 Å². The normalized spacial score (nSPS) is 24.7. The summed E-state index contributed by atoms with van der Waals surface area (Å²) in [5, 5.41) is 0. The molecule has 0 heterocycles. The Balaban J connectivity index is 1.52. The molecule has 124 valence electrons. The van der Waals surface area contributed by atoms with Crippen LogP contribution in [-0.2, 0) is 0 Å². The van der Waals surface area contributed by atoms with Gasteiger partial charge in [-0.3, -0.25) is 0 Å². The molecule has 0 N–H and O–H groups in total. The lowest BCUT2D eigenvalue weighted by molar-refractivity contribution is 0.544. The third-order valence-electron chi connectivity index (χ3n) is 5.47. The van der Waals surface area contributed by atoms with Crippen LogP contribution < -0.4 is 0 Å². The lowest BCUT2D eigenvalue weighted by Crippen LogP contribution is -1.97. The zero-order valence-electron chi connectivity index (χ0n) is 14.9. The second-order valence-corrected chi connectivity index (χ2v) is 7.83. The van der Waals surface area contributed by atoms with Crippen molar-refractivity contribution in [1.82, 2.24) is 0 Å². The van der Waals surface area contributed by atoms with Crippen LogP contribution in [0.2, 0.25) is 0 Å². The average Bonchev–Trinajstić information content (AvgIpc) is 3.49. The topological polar surface area (TPSA) is 0 Å². The molecule has 0 aromatic rings. The monoisotopic (exact) mass is 316 g/mol. The maximum atomic E-state index is 3.40. The van der Waals surface area contributed by atoms with Crippen LogP contribution in [0, 0.1) is 58.2 Å². The van der Waals surface area contributed by atoms with Gasteiger partial charge in [0.15, 0.2) is 0 Å². The third-order valence-corrected chi connectivity index (χ3v) is 5.47. The van der Waals surface area contributed by atoms with Crippen LogP contribution in [0.5, 0.6) is 0 Å². The number of rotatable bonds is 0. The fourth-order valence-corrected chi connectivity index (χ4v) is 3.07. The molecule has 0 bridgehead atoms. The van der Waals surface area contributed by atoms with Crippen molar-refractivity contribution in [2.24, 2.45) is 10.8 Å². The maximum Gasteiger partial charge on any atom is 0.0154 e. The zero-order chi connectivity index (χ0) is 16.6. The van der Waals surface area contributed by atoms with Gasteiger partial charge < -0.3 is 0 Å². The van der Waals surface area contributed by atoms with Gasteiger partial charge in [-0.25, -0.2) is 0 Å². The zero-order valence-corrected chi connectivity index (χ0v) is 14.9. The van der Waals surface area contributed by atoms with Gasteiger partial charge >= 0.3 is 0 Å². The second-order valence-electron chi connectivity index (χ2n) is 7.83. The molecule has 2 fully saturated rings. The van der Waals surface area contributed by atoms with Gasteiger partial charge in [0.1, 0.15) is 0 Å². The summed E-state index contributed by atoms with van der Waals surface area (Å²) < 4.78 is 0. The molecule has 0 saturated heterocycles. The molecule has 0 aliphatic heterocycles. The molecule has 3 aliphatic carbocycles. The maximum absolute atomic E-state index is 3.40. The van der Waals surface area contributed by atoms with Crippen LogP contribution in [-0.4, -0.2) is 0 Å². The molecule has 24 heavy (non-hydrogen) atoms. The van der Waals surface area contributed by atoms with E-state index in [0.29, 0.717) is 10.8 Å². The standard InChI is InChI=1S/C24H28/c1-3-7-11-15-23(19-20-23)17-13-9-5-2-6-10-14-18-24(21-22-24)16-12-8-4-1/h1-6,15-22H2. The van der Waals surface area contributed by atoms with Crippen molar-refractivity contribution in [2.75, 3.05) is 0 Å². The Morgan fingerprint density at radius 1 is 0.375 bits per heavy atom. The first kappa shape index (κ1) is 17.1. The van der Waals surface area contributed by atoms with Crippen molar-refractivity contribution in [3.8, 4) is 47.4 Å². The fourth-order valence-electron chi connectivity index (χ4n) is 3.07. The highest BCUT2D eigenvalue weighted by Crippen LogP contribution is 2.52. The van der Waals surface area contributed by atoms with E-state index in [1.807, 2.05) is 0 Å². The largest absolute Gasteiger partial charge is 0.103 e. The summed E-state index contributed by atoms with van der Waals surface area (Å²) in [6.07, 6.45) is 15.6. The van der Waals surface area contributed by atoms with Gasteiger partial charge in [0.25, 0.3) is 0 Å². The minimum absolute atomic E-state index is 0.443.